The summed E-state index contributed by atoms with van der Waals surface area (Å²) in [5.41, 5.74) is -0.842. The number of carbonyl (C=O) groups excluding carboxylic acids is 1. The highest BCUT2D eigenvalue weighted by Gasteiger charge is 2.31. The summed E-state index contributed by atoms with van der Waals surface area (Å²) >= 11 is 0. The molecule has 1 saturated carbocycles. The van der Waals surface area contributed by atoms with E-state index in [-0.39, 0.29) is 12.0 Å². The fraction of sp³-hybridized carbons (Fsp3) is 0.478. The van der Waals surface area contributed by atoms with Crippen molar-refractivity contribution in [2.45, 2.75) is 37.9 Å². The van der Waals surface area contributed by atoms with Gasteiger partial charge in [0.2, 0.25) is 5.88 Å². The van der Waals surface area contributed by atoms with E-state index in [1.807, 2.05) is 0 Å². The molecule has 0 atom stereocenters. The number of ether oxygens (including phenoxy) is 2. The molecule has 0 radical (unpaired) electrons. The van der Waals surface area contributed by atoms with E-state index in [0.717, 1.165) is 43.8 Å². The lowest BCUT2D eigenvalue weighted by Crippen LogP contribution is -2.42. The van der Waals surface area contributed by atoms with Crippen LogP contribution in [-0.4, -0.2) is 53.6 Å². The highest BCUT2D eigenvalue weighted by molar-refractivity contribution is 5.70. The molecule has 0 N–H and O–H groups in total. The molecule has 0 spiro atoms. The number of aromatic nitrogens is 1. The van der Waals surface area contributed by atoms with Crippen molar-refractivity contribution in [2.75, 3.05) is 26.7 Å². The first-order valence-electron chi connectivity index (χ1n) is 10.8. The topological polar surface area (TPSA) is 54.9 Å². The highest BCUT2D eigenvalue weighted by Crippen LogP contribution is 2.31. The number of amides is 1. The molecule has 9 heteroatoms. The molecule has 1 aromatic carbocycles. The molecular weight excluding hydrogens is 423 g/mol. The minimum absolute atomic E-state index is 0.0398. The van der Waals surface area contributed by atoms with Crippen molar-refractivity contribution in [1.82, 2.24) is 14.8 Å². The second-order valence-electron chi connectivity index (χ2n) is 8.43. The van der Waals surface area contributed by atoms with Gasteiger partial charge in [0.1, 0.15) is 11.5 Å². The average molecular weight is 449 g/mol. The molecule has 0 bridgehead atoms. The van der Waals surface area contributed by atoms with E-state index in [2.05, 4.69) is 16.9 Å². The Hall–Kier alpha value is -2.81. The number of likely N-dealkylation sites (tertiary alicyclic amines) is 1. The third-order valence-corrected chi connectivity index (χ3v) is 5.90. The fourth-order valence-electron chi connectivity index (χ4n) is 3.84. The van der Waals surface area contributed by atoms with E-state index in [0.29, 0.717) is 30.5 Å². The minimum Gasteiger partial charge on any atom is -0.439 e. The standard InChI is InChI=1S/C23H26F3N3O3/c1-28(18-3-4-18)15-16-10-12-29(13-11-16)22(30)32-20-7-5-19(6-8-20)31-21-9-2-17(14-27-21)23(24,25)26/h2,5-9,14,16,18H,3-4,10-13,15H2,1H3. The number of pyridine rings is 1. The van der Waals surface area contributed by atoms with Crippen molar-refractivity contribution >= 4 is 6.09 Å². The highest BCUT2D eigenvalue weighted by atomic mass is 19.4. The van der Waals surface area contributed by atoms with Crippen LogP contribution in [-0.2, 0) is 6.18 Å². The summed E-state index contributed by atoms with van der Waals surface area (Å²) < 4.78 is 48.7. The largest absolute Gasteiger partial charge is 0.439 e. The summed E-state index contributed by atoms with van der Waals surface area (Å²) in [6.45, 7) is 2.45. The van der Waals surface area contributed by atoms with E-state index < -0.39 is 11.7 Å². The molecule has 172 valence electrons. The number of hydrogen-bond donors (Lipinski definition) is 0. The number of nitrogens with zero attached hydrogens (tertiary/aromatic N) is 3. The molecule has 1 amide bonds. The average Bonchev–Trinajstić information content (AvgIpc) is 3.61. The van der Waals surface area contributed by atoms with Crippen molar-refractivity contribution in [3.63, 3.8) is 0 Å². The SMILES string of the molecule is CN(CC1CCN(C(=O)Oc2ccc(Oc3ccc(C(F)(F)F)cn3)cc2)CC1)C1CC1. The first kappa shape index (κ1) is 22.4. The van der Waals surface area contributed by atoms with Gasteiger partial charge in [0.15, 0.2) is 0 Å². The van der Waals surface area contributed by atoms with Gasteiger partial charge < -0.3 is 19.3 Å². The third kappa shape index (κ3) is 5.91. The second kappa shape index (κ2) is 9.36. The van der Waals surface area contributed by atoms with Gasteiger partial charge in [-0.2, -0.15) is 13.2 Å². The minimum atomic E-state index is -4.45. The quantitative estimate of drug-likeness (QED) is 0.607. The summed E-state index contributed by atoms with van der Waals surface area (Å²) in [4.78, 5) is 20.3. The lowest BCUT2D eigenvalue weighted by Gasteiger charge is -2.33. The lowest BCUT2D eigenvalue weighted by atomic mass is 9.96. The molecule has 2 fully saturated rings. The zero-order valence-electron chi connectivity index (χ0n) is 17.8. The predicted octanol–water partition coefficient (Wildman–Crippen LogP) is 5.20. The maximum atomic E-state index is 12.6. The first-order chi connectivity index (χ1) is 15.3. The number of alkyl halides is 3. The smallest absolute Gasteiger partial charge is 0.417 e. The Kier molecular flexibility index (Phi) is 6.55. The van der Waals surface area contributed by atoms with Crippen LogP contribution in [0.2, 0.25) is 0 Å². The van der Waals surface area contributed by atoms with Crippen molar-refractivity contribution < 1.29 is 27.4 Å². The summed E-state index contributed by atoms with van der Waals surface area (Å²) in [7, 11) is 2.18. The van der Waals surface area contributed by atoms with Crippen LogP contribution in [0.5, 0.6) is 17.4 Å². The summed E-state index contributed by atoms with van der Waals surface area (Å²) in [6.07, 6.45) is 0.437. The third-order valence-electron chi connectivity index (χ3n) is 5.90. The Morgan fingerprint density at radius 3 is 2.28 bits per heavy atom. The van der Waals surface area contributed by atoms with Gasteiger partial charge in [-0.05, 0) is 69.0 Å². The normalized spacial score (nSPS) is 17.5. The molecule has 6 nitrogen and oxygen atoms in total. The molecule has 4 rings (SSSR count). The number of rotatable bonds is 6. The number of carbonyl (C=O) groups is 1. The van der Waals surface area contributed by atoms with Gasteiger partial charge in [0.25, 0.3) is 0 Å². The van der Waals surface area contributed by atoms with Gasteiger partial charge in [0, 0.05) is 37.9 Å². The van der Waals surface area contributed by atoms with Crippen molar-refractivity contribution in [3.8, 4) is 17.4 Å². The van der Waals surface area contributed by atoms with Crippen molar-refractivity contribution in [3.05, 3.63) is 48.2 Å². The monoisotopic (exact) mass is 449 g/mol. The second-order valence-corrected chi connectivity index (χ2v) is 8.43. The molecule has 2 aliphatic rings. The maximum absolute atomic E-state index is 12.6. The molecule has 0 unspecified atom stereocenters. The zero-order valence-corrected chi connectivity index (χ0v) is 17.8. The zero-order chi connectivity index (χ0) is 22.7. The Morgan fingerprint density at radius 1 is 1.06 bits per heavy atom. The van der Waals surface area contributed by atoms with E-state index in [1.54, 1.807) is 29.2 Å². The number of hydrogen-bond acceptors (Lipinski definition) is 5. The van der Waals surface area contributed by atoms with Crippen LogP contribution in [0.3, 0.4) is 0 Å². The van der Waals surface area contributed by atoms with Gasteiger partial charge in [-0.15, -0.1) is 0 Å². The molecule has 1 aliphatic heterocycles. The Bertz CT molecular complexity index is 907. The predicted molar refractivity (Wildman–Crippen MR) is 112 cm³/mol. The van der Waals surface area contributed by atoms with Crippen LogP contribution in [0.1, 0.15) is 31.2 Å². The van der Waals surface area contributed by atoms with Crippen LogP contribution >= 0.6 is 0 Å². The number of benzene rings is 1. The van der Waals surface area contributed by atoms with Crippen LogP contribution in [0.4, 0.5) is 18.0 Å². The molecule has 1 saturated heterocycles. The van der Waals surface area contributed by atoms with Crippen LogP contribution in [0.25, 0.3) is 0 Å². The first-order valence-corrected chi connectivity index (χ1v) is 10.8. The molecular formula is C23H26F3N3O3. The molecule has 1 aromatic heterocycles. The Morgan fingerprint density at radius 2 is 1.72 bits per heavy atom. The lowest BCUT2D eigenvalue weighted by molar-refractivity contribution is -0.137. The number of halogens is 3. The van der Waals surface area contributed by atoms with Gasteiger partial charge >= 0.3 is 12.3 Å². The van der Waals surface area contributed by atoms with Crippen molar-refractivity contribution in [1.29, 1.82) is 0 Å². The molecule has 1 aliphatic carbocycles. The maximum Gasteiger partial charge on any atom is 0.417 e. The van der Waals surface area contributed by atoms with E-state index in [1.165, 1.54) is 12.8 Å². The number of piperidine rings is 1. The summed E-state index contributed by atoms with van der Waals surface area (Å²) in [5.74, 6) is 1.40. The van der Waals surface area contributed by atoms with Crippen LogP contribution in [0, 0.1) is 5.92 Å². The Balaban J connectivity index is 1.24. The summed E-state index contributed by atoms with van der Waals surface area (Å²) in [5, 5.41) is 0. The van der Waals surface area contributed by atoms with E-state index >= 15 is 0 Å². The van der Waals surface area contributed by atoms with Gasteiger partial charge in [-0.3, -0.25) is 0 Å². The fourth-order valence-corrected chi connectivity index (χ4v) is 3.84. The molecule has 2 heterocycles. The Labute approximate surface area is 184 Å². The van der Waals surface area contributed by atoms with Gasteiger partial charge in [-0.1, -0.05) is 0 Å². The summed E-state index contributed by atoms with van der Waals surface area (Å²) in [6, 6.07) is 9.11. The molecule has 2 aromatic rings. The molecule has 32 heavy (non-hydrogen) atoms. The van der Waals surface area contributed by atoms with Gasteiger partial charge in [-0.25, -0.2) is 9.78 Å². The van der Waals surface area contributed by atoms with Crippen molar-refractivity contribution in [2.24, 2.45) is 5.92 Å². The van der Waals surface area contributed by atoms with Crippen LogP contribution < -0.4 is 9.47 Å². The van der Waals surface area contributed by atoms with Crippen LogP contribution in [0.15, 0.2) is 42.6 Å². The van der Waals surface area contributed by atoms with Gasteiger partial charge in [0.05, 0.1) is 5.56 Å². The van der Waals surface area contributed by atoms with E-state index in [9.17, 15) is 18.0 Å². The van der Waals surface area contributed by atoms with E-state index in [4.69, 9.17) is 9.47 Å².